The molecule has 0 unspecified atom stereocenters. The molecule has 0 aromatic heterocycles. The van der Waals surface area contributed by atoms with E-state index in [2.05, 4.69) is 10.6 Å². The van der Waals surface area contributed by atoms with Crippen LogP contribution in [0.15, 0.2) is 48.5 Å². The van der Waals surface area contributed by atoms with E-state index < -0.39 is 0 Å². The molecule has 3 rings (SSSR count). The first-order chi connectivity index (χ1) is 12.2. The lowest BCUT2D eigenvalue weighted by Gasteiger charge is -2.10. The molecule has 1 aliphatic rings. The SMILES string of the molecule is COc1cccc(CNC(=O)Nc2cccc(COCC3CC3)c2)c1. The largest absolute Gasteiger partial charge is 0.497 e. The number of rotatable bonds is 8. The van der Waals surface area contributed by atoms with Crippen LogP contribution in [0.3, 0.4) is 0 Å². The second-order valence-corrected chi connectivity index (χ2v) is 6.32. The van der Waals surface area contributed by atoms with E-state index in [1.807, 2.05) is 48.5 Å². The van der Waals surface area contributed by atoms with E-state index in [0.29, 0.717) is 13.2 Å². The van der Waals surface area contributed by atoms with Gasteiger partial charge < -0.3 is 20.1 Å². The second-order valence-electron chi connectivity index (χ2n) is 6.32. The Kier molecular flexibility index (Phi) is 5.90. The number of urea groups is 1. The summed E-state index contributed by atoms with van der Waals surface area (Å²) in [5.74, 6) is 1.53. The quantitative estimate of drug-likeness (QED) is 0.765. The number of nitrogens with one attached hydrogen (secondary N) is 2. The van der Waals surface area contributed by atoms with Gasteiger partial charge in [0.2, 0.25) is 0 Å². The molecule has 2 N–H and O–H groups in total. The molecular weight excluding hydrogens is 316 g/mol. The van der Waals surface area contributed by atoms with Crippen molar-refractivity contribution in [3.05, 3.63) is 59.7 Å². The number of anilines is 1. The summed E-state index contributed by atoms with van der Waals surface area (Å²) in [6.45, 7) is 1.85. The first-order valence-electron chi connectivity index (χ1n) is 8.57. The van der Waals surface area contributed by atoms with E-state index in [1.165, 1.54) is 12.8 Å². The van der Waals surface area contributed by atoms with Crippen LogP contribution in [-0.4, -0.2) is 19.7 Å². The monoisotopic (exact) mass is 340 g/mol. The number of ether oxygens (including phenoxy) is 2. The van der Waals surface area contributed by atoms with Crippen LogP contribution in [0.1, 0.15) is 24.0 Å². The average Bonchev–Trinajstić information content (AvgIpc) is 3.45. The lowest BCUT2D eigenvalue weighted by atomic mass is 10.2. The fourth-order valence-electron chi connectivity index (χ4n) is 2.51. The zero-order chi connectivity index (χ0) is 17.5. The summed E-state index contributed by atoms with van der Waals surface area (Å²) in [5, 5.41) is 5.70. The molecule has 2 aromatic carbocycles. The van der Waals surface area contributed by atoms with Crippen LogP contribution in [0.25, 0.3) is 0 Å². The van der Waals surface area contributed by atoms with Gasteiger partial charge in [-0.1, -0.05) is 24.3 Å². The Labute approximate surface area is 148 Å². The molecule has 1 aliphatic carbocycles. The molecule has 0 aliphatic heterocycles. The minimum absolute atomic E-state index is 0.237. The van der Waals surface area contributed by atoms with Crippen LogP contribution in [-0.2, 0) is 17.9 Å². The highest BCUT2D eigenvalue weighted by atomic mass is 16.5. The Morgan fingerprint density at radius 2 is 1.92 bits per heavy atom. The van der Waals surface area contributed by atoms with Crippen molar-refractivity contribution >= 4 is 11.7 Å². The summed E-state index contributed by atoms with van der Waals surface area (Å²) in [7, 11) is 1.63. The van der Waals surface area contributed by atoms with E-state index in [4.69, 9.17) is 9.47 Å². The molecular formula is C20H24N2O3. The van der Waals surface area contributed by atoms with Gasteiger partial charge in [-0.15, -0.1) is 0 Å². The van der Waals surface area contributed by atoms with E-state index in [9.17, 15) is 4.79 Å². The van der Waals surface area contributed by atoms with E-state index in [-0.39, 0.29) is 6.03 Å². The Bertz CT molecular complexity index is 714. The highest BCUT2D eigenvalue weighted by molar-refractivity contribution is 5.89. The number of hydrogen-bond donors (Lipinski definition) is 2. The Balaban J connectivity index is 1.46. The summed E-state index contributed by atoms with van der Waals surface area (Å²) < 4.78 is 10.9. The maximum Gasteiger partial charge on any atom is 0.319 e. The maximum absolute atomic E-state index is 12.1. The molecule has 0 saturated heterocycles. The van der Waals surface area contributed by atoms with Crippen molar-refractivity contribution in [1.29, 1.82) is 0 Å². The first-order valence-corrected chi connectivity index (χ1v) is 8.57. The van der Waals surface area contributed by atoms with Crippen molar-refractivity contribution in [3.8, 4) is 5.75 Å². The van der Waals surface area contributed by atoms with Gasteiger partial charge in [-0.3, -0.25) is 0 Å². The highest BCUT2D eigenvalue weighted by Gasteiger charge is 2.21. The smallest absolute Gasteiger partial charge is 0.319 e. The zero-order valence-corrected chi connectivity index (χ0v) is 14.5. The van der Waals surface area contributed by atoms with Crippen molar-refractivity contribution in [3.63, 3.8) is 0 Å². The number of amides is 2. The van der Waals surface area contributed by atoms with Gasteiger partial charge in [0.05, 0.1) is 13.7 Å². The predicted molar refractivity (Wildman–Crippen MR) is 97.7 cm³/mol. The summed E-state index contributed by atoms with van der Waals surface area (Å²) in [6.07, 6.45) is 2.57. The van der Waals surface area contributed by atoms with Gasteiger partial charge in [-0.25, -0.2) is 4.79 Å². The minimum atomic E-state index is -0.237. The third kappa shape index (κ3) is 5.80. The third-order valence-corrected chi connectivity index (χ3v) is 4.09. The van der Waals surface area contributed by atoms with Crippen LogP contribution >= 0.6 is 0 Å². The van der Waals surface area contributed by atoms with Gasteiger partial charge in [0.25, 0.3) is 0 Å². The first kappa shape index (κ1) is 17.3. The fraction of sp³-hybridized carbons (Fsp3) is 0.350. The second kappa shape index (κ2) is 8.53. The molecule has 1 fully saturated rings. The average molecular weight is 340 g/mol. The third-order valence-electron chi connectivity index (χ3n) is 4.09. The van der Waals surface area contributed by atoms with Crippen LogP contribution in [0.5, 0.6) is 5.75 Å². The molecule has 0 heterocycles. The number of carbonyl (C=O) groups is 1. The Hall–Kier alpha value is -2.53. The summed E-state index contributed by atoms with van der Waals surface area (Å²) >= 11 is 0. The molecule has 2 amide bonds. The molecule has 1 saturated carbocycles. The molecule has 5 heteroatoms. The summed E-state index contributed by atoms with van der Waals surface area (Å²) in [6, 6.07) is 15.1. The molecule has 25 heavy (non-hydrogen) atoms. The molecule has 0 atom stereocenters. The molecule has 5 nitrogen and oxygen atoms in total. The van der Waals surface area contributed by atoms with Gasteiger partial charge in [0.1, 0.15) is 5.75 Å². The molecule has 132 valence electrons. The van der Waals surface area contributed by atoms with Crippen molar-refractivity contribution < 1.29 is 14.3 Å². The molecule has 0 radical (unpaired) electrons. The predicted octanol–water partition coefficient (Wildman–Crippen LogP) is 3.94. The number of methoxy groups -OCH3 is 1. The van der Waals surface area contributed by atoms with Gasteiger partial charge in [0.15, 0.2) is 0 Å². The summed E-state index contributed by atoms with van der Waals surface area (Å²) in [5.41, 5.74) is 2.80. The Morgan fingerprint density at radius 1 is 1.12 bits per heavy atom. The molecule has 2 aromatic rings. The number of benzene rings is 2. The van der Waals surface area contributed by atoms with E-state index in [1.54, 1.807) is 7.11 Å². The standard InChI is InChI=1S/C20H24N2O3/c1-24-19-7-3-4-16(11-19)12-21-20(23)22-18-6-2-5-17(10-18)14-25-13-15-8-9-15/h2-7,10-11,15H,8-9,12-14H2,1H3,(H2,21,22,23). The van der Waals surface area contributed by atoms with Crippen molar-refractivity contribution in [2.75, 3.05) is 19.0 Å². The summed E-state index contributed by atoms with van der Waals surface area (Å²) in [4.78, 5) is 12.1. The number of carbonyl (C=O) groups excluding carboxylic acids is 1. The van der Waals surface area contributed by atoms with Crippen LogP contribution in [0, 0.1) is 5.92 Å². The van der Waals surface area contributed by atoms with E-state index in [0.717, 1.165) is 35.1 Å². The van der Waals surface area contributed by atoms with Crippen molar-refractivity contribution in [1.82, 2.24) is 5.32 Å². The number of hydrogen-bond acceptors (Lipinski definition) is 3. The minimum Gasteiger partial charge on any atom is -0.497 e. The van der Waals surface area contributed by atoms with Gasteiger partial charge in [-0.05, 0) is 54.2 Å². The Morgan fingerprint density at radius 3 is 2.72 bits per heavy atom. The molecule has 0 bridgehead atoms. The topological polar surface area (TPSA) is 59.6 Å². The molecule has 0 spiro atoms. The van der Waals surface area contributed by atoms with Gasteiger partial charge in [0, 0.05) is 18.8 Å². The van der Waals surface area contributed by atoms with E-state index >= 15 is 0 Å². The van der Waals surface area contributed by atoms with Crippen molar-refractivity contribution in [2.24, 2.45) is 5.92 Å². The van der Waals surface area contributed by atoms with Crippen LogP contribution in [0.4, 0.5) is 10.5 Å². The maximum atomic E-state index is 12.1. The van der Waals surface area contributed by atoms with Gasteiger partial charge >= 0.3 is 6.03 Å². The lowest BCUT2D eigenvalue weighted by molar-refractivity contribution is 0.111. The van der Waals surface area contributed by atoms with Crippen LogP contribution in [0.2, 0.25) is 0 Å². The fourth-order valence-corrected chi connectivity index (χ4v) is 2.51. The van der Waals surface area contributed by atoms with Gasteiger partial charge in [-0.2, -0.15) is 0 Å². The van der Waals surface area contributed by atoms with Crippen molar-refractivity contribution in [2.45, 2.75) is 26.0 Å². The normalized spacial score (nSPS) is 13.3. The highest BCUT2D eigenvalue weighted by Crippen LogP contribution is 2.29. The van der Waals surface area contributed by atoms with Crippen LogP contribution < -0.4 is 15.4 Å². The zero-order valence-electron chi connectivity index (χ0n) is 14.5. The lowest BCUT2D eigenvalue weighted by Crippen LogP contribution is -2.28.